The monoisotopic (exact) mass is 510 g/mol. The van der Waals surface area contributed by atoms with Gasteiger partial charge in [-0.05, 0) is 31.2 Å². The Morgan fingerprint density at radius 3 is 2.30 bits per heavy atom. The number of hydrogen-bond acceptors (Lipinski definition) is 7. The van der Waals surface area contributed by atoms with Gasteiger partial charge >= 0.3 is 0 Å². The highest BCUT2D eigenvalue weighted by Crippen LogP contribution is 2.36. The molecule has 5 aromatic rings. The highest BCUT2D eigenvalue weighted by Gasteiger charge is 2.20. The number of thiazole rings is 1. The molecule has 0 spiro atoms. The minimum Gasteiger partial charge on any atom is -0.497 e. The van der Waals surface area contributed by atoms with E-state index in [-0.39, 0.29) is 11.6 Å². The van der Waals surface area contributed by atoms with Crippen molar-refractivity contribution in [2.45, 2.75) is 6.92 Å². The summed E-state index contributed by atoms with van der Waals surface area (Å²) in [5.74, 6) is 0.369. The Morgan fingerprint density at radius 1 is 0.865 bits per heavy atom. The quantitative estimate of drug-likeness (QED) is 0.267. The van der Waals surface area contributed by atoms with Gasteiger partial charge in [0.1, 0.15) is 16.4 Å². The first kappa shape index (κ1) is 24.0. The second-order valence-corrected chi connectivity index (χ2v) is 9.14. The number of amides is 2. The molecular formula is C28H22N4O4S. The molecule has 37 heavy (non-hydrogen) atoms. The van der Waals surface area contributed by atoms with Crippen LogP contribution >= 0.6 is 11.3 Å². The van der Waals surface area contributed by atoms with Crippen molar-refractivity contribution in [2.75, 3.05) is 17.7 Å². The Balaban J connectivity index is 1.38. The van der Waals surface area contributed by atoms with Crippen LogP contribution in [0.3, 0.4) is 0 Å². The van der Waals surface area contributed by atoms with Crippen LogP contribution in [0, 0.1) is 6.92 Å². The van der Waals surface area contributed by atoms with E-state index >= 15 is 0 Å². The van der Waals surface area contributed by atoms with Gasteiger partial charge in [0.25, 0.3) is 11.8 Å². The average molecular weight is 511 g/mol. The number of hydrogen-bond donors (Lipinski definition) is 2. The van der Waals surface area contributed by atoms with Crippen LogP contribution in [-0.4, -0.2) is 29.1 Å². The molecule has 0 saturated carbocycles. The lowest BCUT2D eigenvalue weighted by Crippen LogP contribution is -2.11. The minimum absolute atomic E-state index is 0.121. The molecule has 0 radical (unpaired) electrons. The second-order valence-electron chi connectivity index (χ2n) is 8.14. The third-order valence-corrected chi connectivity index (χ3v) is 6.44. The summed E-state index contributed by atoms with van der Waals surface area (Å²) in [5, 5.41) is 10.4. The Hall–Kier alpha value is -4.76. The largest absolute Gasteiger partial charge is 0.497 e. The molecule has 0 saturated heterocycles. The summed E-state index contributed by atoms with van der Waals surface area (Å²) in [4.78, 5) is 30.4. The van der Waals surface area contributed by atoms with Crippen molar-refractivity contribution in [1.82, 2.24) is 10.1 Å². The van der Waals surface area contributed by atoms with Gasteiger partial charge in [0.05, 0.1) is 7.11 Å². The van der Waals surface area contributed by atoms with E-state index in [4.69, 9.17) is 9.26 Å². The summed E-state index contributed by atoms with van der Waals surface area (Å²) in [6, 6.07) is 25.5. The first-order valence-electron chi connectivity index (χ1n) is 11.4. The van der Waals surface area contributed by atoms with Gasteiger partial charge in [-0.1, -0.05) is 76.7 Å². The van der Waals surface area contributed by atoms with Crippen LogP contribution in [0.25, 0.3) is 22.6 Å². The standard InChI is InChI=1S/C28H22N4O4S/c1-17-8-10-18(11-9-17)23-16-22(32-36-23)26(34)31-28-29-24(19-6-4-3-5-7-19)27(37-28)30-25(33)20-12-14-21(35-2)15-13-20/h3-16H,1-2H3,(H,30,33)(H,29,31,34). The van der Waals surface area contributed by atoms with E-state index < -0.39 is 5.91 Å². The summed E-state index contributed by atoms with van der Waals surface area (Å²) in [6.07, 6.45) is 0. The molecule has 0 aliphatic carbocycles. The average Bonchev–Trinajstić information content (AvgIpc) is 3.57. The first-order valence-corrected chi connectivity index (χ1v) is 12.2. The lowest BCUT2D eigenvalue weighted by molar-refractivity contribution is 0.101. The van der Waals surface area contributed by atoms with Gasteiger partial charge in [-0.25, -0.2) is 4.98 Å². The van der Waals surface area contributed by atoms with Crippen molar-refractivity contribution in [3.05, 3.63) is 102 Å². The Labute approximate surface area is 216 Å². The van der Waals surface area contributed by atoms with E-state index in [1.165, 1.54) is 0 Å². The van der Waals surface area contributed by atoms with Gasteiger partial charge in [-0.2, -0.15) is 0 Å². The zero-order valence-electron chi connectivity index (χ0n) is 20.0. The molecule has 9 heteroatoms. The molecule has 0 unspecified atom stereocenters. The maximum Gasteiger partial charge on any atom is 0.279 e. The van der Waals surface area contributed by atoms with Crippen molar-refractivity contribution in [2.24, 2.45) is 0 Å². The van der Waals surface area contributed by atoms with Crippen molar-refractivity contribution in [3.8, 4) is 28.3 Å². The molecule has 2 heterocycles. The molecule has 184 valence electrons. The van der Waals surface area contributed by atoms with Crippen molar-refractivity contribution in [1.29, 1.82) is 0 Å². The van der Waals surface area contributed by atoms with Crippen LogP contribution in [0.4, 0.5) is 10.1 Å². The summed E-state index contributed by atoms with van der Waals surface area (Å²) >= 11 is 1.15. The molecule has 0 aliphatic rings. The van der Waals surface area contributed by atoms with Crippen LogP contribution < -0.4 is 15.4 Å². The number of rotatable bonds is 7. The number of nitrogens with zero attached hydrogens (tertiary/aromatic N) is 2. The number of nitrogens with one attached hydrogen (secondary N) is 2. The zero-order chi connectivity index (χ0) is 25.8. The maximum absolute atomic E-state index is 12.9. The third kappa shape index (κ3) is 5.41. The van der Waals surface area contributed by atoms with E-state index in [1.807, 2.05) is 61.5 Å². The van der Waals surface area contributed by atoms with Crippen LogP contribution in [-0.2, 0) is 0 Å². The molecule has 2 aromatic heterocycles. The molecule has 2 N–H and O–H groups in total. The Bertz CT molecular complexity index is 1540. The van der Waals surface area contributed by atoms with Gasteiger partial charge in [-0.3, -0.25) is 14.9 Å². The number of methoxy groups -OCH3 is 1. The maximum atomic E-state index is 12.9. The first-order chi connectivity index (χ1) is 18.0. The number of carbonyl (C=O) groups excluding carboxylic acids is 2. The molecule has 0 bridgehead atoms. The van der Waals surface area contributed by atoms with E-state index in [0.717, 1.165) is 28.0 Å². The van der Waals surface area contributed by atoms with Crippen molar-refractivity contribution in [3.63, 3.8) is 0 Å². The fourth-order valence-electron chi connectivity index (χ4n) is 3.56. The second kappa shape index (κ2) is 10.5. The number of aryl methyl sites for hydroxylation is 1. The molecule has 5 rings (SSSR count). The SMILES string of the molecule is COc1ccc(C(=O)Nc2sc(NC(=O)c3cc(-c4ccc(C)cc4)on3)nc2-c2ccccc2)cc1. The predicted octanol–water partition coefficient (Wildman–Crippen LogP) is 6.29. The normalized spacial score (nSPS) is 10.6. The van der Waals surface area contributed by atoms with Gasteiger partial charge in [0, 0.05) is 22.8 Å². The molecule has 0 aliphatic heterocycles. The fourth-order valence-corrected chi connectivity index (χ4v) is 4.44. The molecule has 2 amide bonds. The van der Waals surface area contributed by atoms with Crippen LogP contribution in [0.2, 0.25) is 0 Å². The highest BCUT2D eigenvalue weighted by molar-refractivity contribution is 7.20. The third-order valence-electron chi connectivity index (χ3n) is 5.55. The lowest BCUT2D eigenvalue weighted by Gasteiger charge is -2.06. The number of benzene rings is 3. The van der Waals surface area contributed by atoms with E-state index in [2.05, 4.69) is 20.8 Å². The molecule has 0 atom stereocenters. The van der Waals surface area contributed by atoms with Crippen molar-refractivity contribution >= 4 is 33.3 Å². The van der Waals surface area contributed by atoms with Crippen LogP contribution in [0.15, 0.2) is 89.5 Å². The number of anilines is 2. The predicted molar refractivity (Wildman–Crippen MR) is 143 cm³/mol. The molecule has 3 aromatic carbocycles. The topological polar surface area (TPSA) is 106 Å². The number of ether oxygens (including phenoxy) is 1. The van der Waals surface area contributed by atoms with Gasteiger partial charge in [0.2, 0.25) is 0 Å². The van der Waals surface area contributed by atoms with E-state index in [1.54, 1.807) is 37.4 Å². The zero-order valence-corrected chi connectivity index (χ0v) is 20.8. The summed E-state index contributed by atoms with van der Waals surface area (Å²) in [5.41, 5.74) is 3.87. The smallest absolute Gasteiger partial charge is 0.279 e. The molecular weight excluding hydrogens is 488 g/mol. The Kier molecular flexibility index (Phi) is 6.78. The summed E-state index contributed by atoms with van der Waals surface area (Å²) in [7, 11) is 1.57. The van der Waals surface area contributed by atoms with E-state index in [9.17, 15) is 9.59 Å². The van der Waals surface area contributed by atoms with Crippen LogP contribution in [0.5, 0.6) is 5.75 Å². The van der Waals surface area contributed by atoms with Crippen LogP contribution in [0.1, 0.15) is 26.4 Å². The lowest BCUT2D eigenvalue weighted by atomic mass is 10.1. The molecule has 0 fully saturated rings. The van der Waals surface area contributed by atoms with Gasteiger partial charge in [0.15, 0.2) is 16.6 Å². The fraction of sp³-hybridized carbons (Fsp3) is 0.0714. The van der Waals surface area contributed by atoms with Gasteiger partial charge in [-0.15, -0.1) is 0 Å². The number of aromatic nitrogens is 2. The van der Waals surface area contributed by atoms with Crippen molar-refractivity contribution < 1.29 is 18.8 Å². The Morgan fingerprint density at radius 2 is 1.59 bits per heavy atom. The minimum atomic E-state index is -0.469. The number of carbonyl (C=O) groups is 2. The molecule has 8 nitrogen and oxygen atoms in total. The summed E-state index contributed by atoms with van der Waals surface area (Å²) in [6.45, 7) is 1.99. The van der Waals surface area contributed by atoms with Gasteiger partial charge < -0.3 is 14.6 Å². The summed E-state index contributed by atoms with van der Waals surface area (Å²) < 4.78 is 10.5. The highest BCUT2D eigenvalue weighted by atomic mass is 32.1. The van der Waals surface area contributed by atoms with E-state index in [0.29, 0.717) is 32.9 Å².